The van der Waals surface area contributed by atoms with Gasteiger partial charge in [-0.1, -0.05) is 31.9 Å². The van der Waals surface area contributed by atoms with Crippen LogP contribution in [0.15, 0.2) is 24.3 Å². The van der Waals surface area contributed by atoms with Crippen molar-refractivity contribution in [1.29, 1.82) is 0 Å². The molecule has 1 aromatic rings. The van der Waals surface area contributed by atoms with E-state index in [1.807, 2.05) is 24.3 Å². The molecular weight excluding hydrogens is 262 g/mol. The highest BCUT2D eigenvalue weighted by Gasteiger charge is 2.29. The van der Waals surface area contributed by atoms with Gasteiger partial charge >= 0.3 is 0 Å². The molecule has 1 fully saturated rings. The van der Waals surface area contributed by atoms with Gasteiger partial charge in [-0.25, -0.2) is 0 Å². The van der Waals surface area contributed by atoms with Gasteiger partial charge in [0.2, 0.25) is 0 Å². The molecule has 0 radical (unpaired) electrons. The Bertz CT molecular complexity index is 418. The third-order valence-corrected chi connectivity index (χ3v) is 4.83. The Labute approximate surface area is 128 Å². The van der Waals surface area contributed by atoms with E-state index < -0.39 is 6.10 Å². The Morgan fingerprint density at radius 1 is 1.24 bits per heavy atom. The van der Waals surface area contributed by atoms with E-state index in [2.05, 4.69) is 18.7 Å². The number of hydrogen-bond donors (Lipinski definition) is 1. The third-order valence-electron chi connectivity index (χ3n) is 4.83. The van der Waals surface area contributed by atoms with E-state index in [0.29, 0.717) is 6.04 Å². The van der Waals surface area contributed by atoms with Crippen LogP contribution in [0.1, 0.15) is 57.6 Å². The second kappa shape index (κ2) is 7.81. The van der Waals surface area contributed by atoms with Gasteiger partial charge in [-0.3, -0.25) is 4.90 Å². The molecule has 1 aliphatic rings. The fourth-order valence-corrected chi connectivity index (χ4v) is 3.44. The van der Waals surface area contributed by atoms with Crippen molar-refractivity contribution in [2.24, 2.45) is 0 Å². The van der Waals surface area contributed by atoms with Crippen LogP contribution in [0.4, 0.5) is 0 Å². The second-order valence-corrected chi connectivity index (χ2v) is 6.11. The summed E-state index contributed by atoms with van der Waals surface area (Å²) in [5.74, 6) is 0.833. The zero-order chi connectivity index (χ0) is 15.2. The molecule has 3 heteroatoms. The molecule has 0 saturated carbocycles. The van der Waals surface area contributed by atoms with Gasteiger partial charge in [0.1, 0.15) is 5.75 Å². The topological polar surface area (TPSA) is 32.7 Å². The Hall–Kier alpha value is -1.06. The molecule has 3 atom stereocenters. The van der Waals surface area contributed by atoms with E-state index in [-0.39, 0.29) is 6.04 Å². The largest absolute Gasteiger partial charge is 0.497 e. The average molecular weight is 291 g/mol. The molecule has 0 bridgehead atoms. The first-order chi connectivity index (χ1) is 10.2. The van der Waals surface area contributed by atoms with Crippen molar-refractivity contribution in [3.8, 4) is 5.75 Å². The summed E-state index contributed by atoms with van der Waals surface area (Å²) >= 11 is 0. The minimum absolute atomic E-state index is 0.154. The van der Waals surface area contributed by atoms with Gasteiger partial charge in [0, 0.05) is 12.1 Å². The zero-order valence-electron chi connectivity index (χ0n) is 13.6. The lowest BCUT2D eigenvalue weighted by Gasteiger charge is -2.37. The Balaban J connectivity index is 2.09. The summed E-state index contributed by atoms with van der Waals surface area (Å²) in [6, 6.07) is 8.55. The van der Waals surface area contributed by atoms with E-state index in [4.69, 9.17) is 4.74 Å². The number of likely N-dealkylation sites (tertiary alicyclic amines) is 1. The quantitative estimate of drug-likeness (QED) is 0.896. The maximum atomic E-state index is 10.7. The molecule has 0 amide bonds. The van der Waals surface area contributed by atoms with E-state index >= 15 is 0 Å². The highest BCUT2D eigenvalue weighted by molar-refractivity contribution is 5.29. The van der Waals surface area contributed by atoms with Crippen LogP contribution < -0.4 is 4.74 Å². The van der Waals surface area contributed by atoms with Gasteiger partial charge < -0.3 is 9.84 Å². The molecule has 1 aliphatic heterocycles. The number of methoxy groups -OCH3 is 1. The molecule has 1 N–H and O–H groups in total. The molecule has 1 heterocycles. The van der Waals surface area contributed by atoms with E-state index in [0.717, 1.165) is 17.9 Å². The van der Waals surface area contributed by atoms with Crippen LogP contribution >= 0.6 is 0 Å². The predicted octanol–water partition coefficient (Wildman–Crippen LogP) is 3.77. The van der Waals surface area contributed by atoms with Crippen molar-refractivity contribution < 1.29 is 9.84 Å². The van der Waals surface area contributed by atoms with E-state index in [1.165, 1.54) is 32.1 Å². The monoisotopic (exact) mass is 291 g/mol. The lowest BCUT2D eigenvalue weighted by atomic mass is 9.99. The Morgan fingerprint density at radius 2 is 1.95 bits per heavy atom. The van der Waals surface area contributed by atoms with Crippen LogP contribution in [-0.2, 0) is 0 Å². The number of nitrogens with zero attached hydrogens (tertiary/aromatic N) is 1. The van der Waals surface area contributed by atoms with E-state index in [9.17, 15) is 5.11 Å². The first kappa shape index (κ1) is 16.3. The van der Waals surface area contributed by atoms with Crippen molar-refractivity contribution in [2.45, 2.75) is 64.1 Å². The summed E-state index contributed by atoms with van der Waals surface area (Å²) < 4.78 is 5.18. The van der Waals surface area contributed by atoms with Gasteiger partial charge in [-0.15, -0.1) is 0 Å². The minimum atomic E-state index is -0.442. The fraction of sp³-hybridized carbons (Fsp3) is 0.667. The van der Waals surface area contributed by atoms with Crippen LogP contribution in [0.25, 0.3) is 0 Å². The highest BCUT2D eigenvalue weighted by Crippen LogP contribution is 2.28. The van der Waals surface area contributed by atoms with Crippen LogP contribution in [0.3, 0.4) is 0 Å². The molecule has 0 aliphatic carbocycles. The maximum Gasteiger partial charge on any atom is 0.118 e. The summed E-state index contributed by atoms with van der Waals surface area (Å²) in [4.78, 5) is 2.52. The number of rotatable bonds is 5. The molecule has 0 spiro atoms. The summed E-state index contributed by atoms with van der Waals surface area (Å²) in [7, 11) is 1.66. The number of benzene rings is 1. The predicted molar refractivity (Wildman–Crippen MR) is 86.7 cm³/mol. The van der Waals surface area contributed by atoms with Gasteiger partial charge in [-0.2, -0.15) is 0 Å². The molecule has 2 rings (SSSR count). The van der Waals surface area contributed by atoms with Gasteiger partial charge in [-0.05, 0) is 50.4 Å². The fourth-order valence-electron chi connectivity index (χ4n) is 3.44. The van der Waals surface area contributed by atoms with Crippen molar-refractivity contribution in [1.82, 2.24) is 4.90 Å². The van der Waals surface area contributed by atoms with Crippen LogP contribution in [0.2, 0.25) is 0 Å². The minimum Gasteiger partial charge on any atom is -0.497 e. The van der Waals surface area contributed by atoms with Crippen LogP contribution in [0, 0.1) is 0 Å². The Morgan fingerprint density at radius 3 is 2.57 bits per heavy atom. The third kappa shape index (κ3) is 3.98. The molecular formula is C18H29NO2. The van der Waals surface area contributed by atoms with Crippen molar-refractivity contribution >= 4 is 0 Å². The van der Waals surface area contributed by atoms with Crippen molar-refractivity contribution in [2.75, 3.05) is 13.7 Å². The number of aliphatic hydroxyl groups is 1. The summed E-state index contributed by atoms with van der Waals surface area (Å²) in [6.07, 6.45) is 5.87. The summed E-state index contributed by atoms with van der Waals surface area (Å²) in [6.45, 7) is 5.52. The smallest absolute Gasteiger partial charge is 0.118 e. The number of hydrogen-bond acceptors (Lipinski definition) is 3. The van der Waals surface area contributed by atoms with E-state index in [1.54, 1.807) is 7.11 Å². The zero-order valence-corrected chi connectivity index (χ0v) is 13.6. The first-order valence-electron chi connectivity index (χ1n) is 8.25. The van der Waals surface area contributed by atoms with Gasteiger partial charge in [0.25, 0.3) is 0 Å². The summed E-state index contributed by atoms with van der Waals surface area (Å²) in [5.41, 5.74) is 0.974. The molecule has 3 nitrogen and oxygen atoms in total. The van der Waals surface area contributed by atoms with Gasteiger partial charge in [0.05, 0.1) is 13.2 Å². The molecule has 1 saturated heterocycles. The van der Waals surface area contributed by atoms with Crippen molar-refractivity contribution in [3.05, 3.63) is 29.8 Å². The number of aliphatic hydroxyl groups excluding tert-OH is 1. The lowest BCUT2D eigenvalue weighted by molar-refractivity contribution is 0.0320. The lowest BCUT2D eigenvalue weighted by Crippen LogP contribution is -2.44. The molecule has 21 heavy (non-hydrogen) atoms. The normalized spacial score (nSPS) is 23.3. The SMILES string of the molecule is CCC1CCCCCN1C(C)C(O)c1ccc(OC)cc1. The van der Waals surface area contributed by atoms with Crippen LogP contribution in [-0.4, -0.2) is 35.7 Å². The highest BCUT2D eigenvalue weighted by atomic mass is 16.5. The van der Waals surface area contributed by atoms with Gasteiger partial charge in [0.15, 0.2) is 0 Å². The average Bonchev–Trinajstić information content (AvgIpc) is 2.78. The molecule has 1 aromatic carbocycles. The van der Waals surface area contributed by atoms with Crippen LogP contribution in [0.5, 0.6) is 5.75 Å². The maximum absolute atomic E-state index is 10.7. The second-order valence-electron chi connectivity index (χ2n) is 6.11. The standard InChI is InChI=1S/C18H29NO2/c1-4-16-8-6-5-7-13-19(16)14(2)18(20)15-9-11-17(21-3)12-10-15/h9-12,14,16,18,20H,4-8,13H2,1-3H3. The molecule has 0 aromatic heterocycles. The Kier molecular flexibility index (Phi) is 6.07. The number of ether oxygens (including phenoxy) is 1. The van der Waals surface area contributed by atoms with Crippen molar-refractivity contribution in [3.63, 3.8) is 0 Å². The first-order valence-corrected chi connectivity index (χ1v) is 8.25. The summed E-state index contributed by atoms with van der Waals surface area (Å²) in [5, 5.41) is 10.7. The molecule has 3 unspecified atom stereocenters. The molecule has 118 valence electrons.